The lowest BCUT2D eigenvalue weighted by Crippen LogP contribution is -2.36. The van der Waals surface area contributed by atoms with Gasteiger partial charge in [0.05, 0.1) is 5.69 Å². The standard InChI is InChI=1S/C22H20N2O3/c1-17(25)24(16-22(26)23-18-10-4-2-5-11-18)20-14-8-9-15-21(20)27-19-12-6-3-7-13-19/h2-15H,16H2,1H3,(H,23,26). The Hall–Kier alpha value is -3.60. The van der Waals surface area contributed by atoms with Gasteiger partial charge in [-0.25, -0.2) is 0 Å². The van der Waals surface area contributed by atoms with Crippen LogP contribution in [0, 0.1) is 0 Å². The van der Waals surface area contributed by atoms with E-state index in [1.54, 1.807) is 30.3 Å². The predicted octanol–water partition coefficient (Wildman–Crippen LogP) is 4.47. The summed E-state index contributed by atoms with van der Waals surface area (Å²) in [5.41, 5.74) is 1.22. The van der Waals surface area contributed by atoms with Gasteiger partial charge in [0.2, 0.25) is 11.8 Å². The molecule has 0 unspecified atom stereocenters. The van der Waals surface area contributed by atoms with Gasteiger partial charge in [-0.3, -0.25) is 14.5 Å². The van der Waals surface area contributed by atoms with Gasteiger partial charge < -0.3 is 10.1 Å². The fourth-order valence-electron chi connectivity index (χ4n) is 2.61. The normalized spacial score (nSPS) is 10.1. The number of benzene rings is 3. The van der Waals surface area contributed by atoms with E-state index in [0.29, 0.717) is 22.9 Å². The van der Waals surface area contributed by atoms with Crippen molar-refractivity contribution < 1.29 is 14.3 Å². The fraction of sp³-hybridized carbons (Fsp3) is 0.0909. The summed E-state index contributed by atoms with van der Waals surface area (Å²) in [6, 6.07) is 25.6. The summed E-state index contributed by atoms with van der Waals surface area (Å²) in [6.07, 6.45) is 0. The quantitative estimate of drug-likeness (QED) is 0.705. The monoisotopic (exact) mass is 360 g/mol. The SMILES string of the molecule is CC(=O)N(CC(=O)Nc1ccccc1)c1ccccc1Oc1ccccc1. The Balaban J connectivity index is 1.80. The molecule has 0 spiro atoms. The molecule has 5 nitrogen and oxygen atoms in total. The van der Waals surface area contributed by atoms with Crippen LogP contribution < -0.4 is 15.0 Å². The number of ether oxygens (including phenoxy) is 1. The molecule has 0 atom stereocenters. The summed E-state index contributed by atoms with van der Waals surface area (Å²) in [6.45, 7) is 1.31. The number of para-hydroxylation sites is 4. The zero-order chi connectivity index (χ0) is 19.1. The van der Waals surface area contributed by atoms with E-state index in [-0.39, 0.29) is 18.4 Å². The second-order valence-electron chi connectivity index (χ2n) is 5.90. The third kappa shape index (κ3) is 4.95. The van der Waals surface area contributed by atoms with Gasteiger partial charge in [-0.2, -0.15) is 0 Å². The molecule has 3 rings (SSSR count). The highest BCUT2D eigenvalue weighted by Crippen LogP contribution is 2.32. The smallest absolute Gasteiger partial charge is 0.244 e. The third-order valence-electron chi connectivity index (χ3n) is 3.87. The van der Waals surface area contributed by atoms with Crippen LogP contribution >= 0.6 is 0 Å². The molecule has 0 radical (unpaired) electrons. The predicted molar refractivity (Wildman–Crippen MR) is 106 cm³/mol. The number of carbonyl (C=O) groups is 2. The maximum atomic E-state index is 12.4. The Morgan fingerprint density at radius 2 is 1.44 bits per heavy atom. The molecule has 3 aromatic rings. The summed E-state index contributed by atoms with van der Waals surface area (Å²) in [7, 11) is 0. The van der Waals surface area contributed by atoms with Gasteiger partial charge in [-0.1, -0.05) is 48.5 Å². The summed E-state index contributed by atoms with van der Waals surface area (Å²) in [5, 5.41) is 2.79. The van der Waals surface area contributed by atoms with Crippen LogP contribution in [0.3, 0.4) is 0 Å². The Morgan fingerprint density at radius 3 is 2.11 bits per heavy atom. The maximum Gasteiger partial charge on any atom is 0.244 e. The molecule has 5 heteroatoms. The van der Waals surface area contributed by atoms with Crippen molar-refractivity contribution >= 4 is 23.2 Å². The molecule has 0 aliphatic rings. The molecular weight excluding hydrogens is 340 g/mol. The lowest BCUT2D eigenvalue weighted by Gasteiger charge is -2.23. The molecule has 0 fully saturated rings. The van der Waals surface area contributed by atoms with Gasteiger partial charge in [0.15, 0.2) is 5.75 Å². The van der Waals surface area contributed by atoms with E-state index in [4.69, 9.17) is 4.74 Å². The molecule has 0 aliphatic heterocycles. The van der Waals surface area contributed by atoms with Crippen molar-refractivity contribution in [3.05, 3.63) is 84.9 Å². The lowest BCUT2D eigenvalue weighted by atomic mass is 10.2. The Labute approximate surface area is 158 Å². The van der Waals surface area contributed by atoms with Crippen LogP contribution in [-0.4, -0.2) is 18.4 Å². The van der Waals surface area contributed by atoms with E-state index in [0.717, 1.165) is 0 Å². The number of carbonyl (C=O) groups excluding carboxylic acids is 2. The van der Waals surface area contributed by atoms with Crippen molar-refractivity contribution in [2.45, 2.75) is 6.92 Å². The molecule has 0 aliphatic carbocycles. The minimum absolute atomic E-state index is 0.112. The van der Waals surface area contributed by atoms with Crippen LogP contribution in [0.5, 0.6) is 11.5 Å². The van der Waals surface area contributed by atoms with E-state index in [1.165, 1.54) is 11.8 Å². The molecule has 136 valence electrons. The topological polar surface area (TPSA) is 58.6 Å². The van der Waals surface area contributed by atoms with Crippen molar-refractivity contribution in [3.8, 4) is 11.5 Å². The fourth-order valence-corrected chi connectivity index (χ4v) is 2.61. The average molecular weight is 360 g/mol. The lowest BCUT2D eigenvalue weighted by molar-refractivity contribution is -0.120. The first-order valence-corrected chi connectivity index (χ1v) is 8.58. The van der Waals surface area contributed by atoms with Crippen LogP contribution in [0.15, 0.2) is 84.9 Å². The average Bonchev–Trinajstić information content (AvgIpc) is 2.68. The van der Waals surface area contributed by atoms with E-state index in [9.17, 15) is 9.59 Å². The van der Waals surface area contributed by atoms with Gasteiger partial charge in [-0.05, 0) is 36.4 Å². The molecule has 2 amide bonds. The second kappa shape index (κ2) is 8.67. The highest BCUT2D eigenvalue weighted by Gasteiger charge is 2.19. The number of amides is 2. The number of anilines is 2. The summed E-state index contributed by atoms with van der Waals surface area (Å²) >= 11 is 0. The van der Waals surface area contributed by atoms with Crippen molar-refractivity contribution in [3.63, 3.8) is 0 Å². The van der Waals surface area contributed by atoms with Crippen LogP contribution in [0.4, 0.5) is 11.4 Å². The molecule has 1 N–H and O–H groups in total. The summed E-state index contributed by atoms with van der Waals surface area (Å²) < 4.78 is 5.91. The van der Waals surface area contributed by atoms with Gasteiger partial charge in [-0.15, -0.1) is 0 Å². The van der Waals surface area contributed by atoms with Crippen LogP contribution in [-0.2, 0) is 9.59 Å². The molecule has 0 saturated heterocycles. The molecule has 0 heterocycles. The number of hydrogen-bond donors (Lipinski definition) is 1. The Bertz CT molecular complexity index is 911. The van der Waals surface area contributed by atoms with Gasteiger partial charge in [0.25, 0.3) is 0 Å². The molecule has 0 bridgehead atoms. The Morgan fingerprint density at radius 1 is 0.852 bits per heavy atom. The largest absolute Gasteiger partial charge is 0.455 e. The minimum atomic E-state index is -0.286. The van der Waals surface area contributed by atoms with Gasteiger partial charge in [0.1, 0.15) is 12.3 Å². The zero-order valence-electron chi connectivity index (χ0n) is 15.0. The van der Waals surface area contributed by atoms with Crippen molar-refractivity contribution in [2.75, 3.05) is 16.8 Å². The van der Waals surface area contributed by atoms with E-state index < -0.39 is 0 Å². The molecular formula is C22H20N2O3. The van der Waals surface area contributed by atoms with Crippen molar-refractivity contribution in [1.29, 1.82) is 0 Å². The van der Waals surface area contributed by atoms with Gasteiger partial charge >= 0.3 is 0 Å². The number of nitrogens with one attached hydrogen (secondary N) is 1. The minimum Gasteiger partial charge on any atom is -0.455 e. The molecule has 27 heavy (non-hydrogen) atoms. The van der Waals surface area contributed by atoms with Crippen LogP contribution in [0.1, 0.15) is 6.92 Å². The van der Waals surface area contributed by atoms with Crippen molar-refractivity contribution in [1.82, 2.24) is 0 Å². The van der Waals surface area contributed by atoms with E-state index in [1.807, 2.05) is 54.6 Å². The zero-order valence-corrected chi connectivity index (χ0v) is 15.0. The first-order valence-electron chi connectivity index (χ1n) is 8.58. The van der Waals surface area contributed by atoms with Crippen LogP contribution in [0.2, 0.25) is 0 Å². The summed E-state index contributed by atoms with van der Waals surface area (Å²) in [5.74, 6) is 0.627. The maximum absolute atomic E-state index is 12.4. The number of nitrogens with zero attached hydrogens (tertiary/aromatic N) is 1. The second-order valence-corrected chi connectivity index (χ2v) is 5.90. The molecule has 3 aromatic carbocycles. The first kappa shape index (κ1) is 18.2. The highest BCUT2D eigenvalue weighted by molar-refractivity contribution is 6.02. The van der Waals surface area contributed by atoms with E-state index in [2.05, 4.69) is 5.32 Å². The molecule has 0 saturated carbocycles. The highest BCUT2D eigenvalue weighted by atomic mass is 16.5. The third-order valence-corrected chi connectivity index (χ3v) is 3.87. The number of rotatable bonds is 6. The van der Waals surface area contributed by atoms with E-state index >= 15 is 0 Å². The van der Waals surface area contributed by atoms with Gasteiger partial charge in [0, 0.05) is 12.6 Å². The first-order chi connectivity index (χ1) is 13.1. The Kier molecular flexibility index (Phi) is 5.84. The summed E-state index contributed by atoms with van der Waals surface area (Å²) in [4.78, 5) is 26.1. The number of hydrogen-bond acceptors (Lipinski definition) is 3. The van der Waals surface area contributed by atoms with Crippen molar-refractivity contribution in [2.24, 2.45) is 0 Å². The van der Waals surface area contributed by atoms with Crippen LogP contribution in [0.25, 0.3) is 0 Å². The molecule has 0 aromatic heterocycles.